The number of piperidine rings is 1. The van der Waals surface area contributed by atoms with E-state index in [0.29, 0.717) is 35.5 Å². The van der Waals surface area contributed by atoms with Crippen LogP contribution >= 0.6 is 0 Å². The number of carbonyl (C=O) groups is 1. The number of alkyl halides is 2. The Morgan fingerprint density at radius 1 is 1.32 bits per heavy atom. The van der Waals surface area contributed by atoms with Crippen molar-refractivity contribution >= 4 is 5.91 Å². The molecule has 8 heteroatoms. The summed E-state index contributed by atoms with van der Waals surface area (Å²) in [5.41, 5.74) is 0.763. The fourth-order valence-electron chi connectivity index (χ4n) is 4.07. The molecule has 1 aliphatic heterocycles. The predicted molar refractivity (Wildman–Crippen MR) is 99.0 cm³/mol. The lowest BCUT2D eigenvalue weighted by Gasteiger charge is -2.40. The zero-order valence-corrected chi connectivity index (χ0v) is 15.7. The molecule has 0 unspecified atom stereocenters. The van der Waals surface area contributed by atoms with E-state index >= 15 is 0 Å². The number of halogens is 2. The standard InChI is InChI=1S/C20H22F2N4O2/c1-13-15(18(28)25-17(24-13)14-3-2-9-23-11-14)4-5-16(27)26-10-8-20(21,22)12-19(26)6-7-19/h2-3,9,11H,4-8,10,12H2,1H3,(H,24,25,28). The van der Waals surface area contributed by atoms with Crippen LogP contribution in [0.5, 0.6) is 0 Å². The molecule has 1 N–H and O–H groups in total. The van der Waals surface area contributed by atoms with Gasteiger partial charge in [0.15, 0.2) is 0 Å². The summed E-state index contributed by atoms with van der Waals surface area (Å²) in [6.07, 6.45) is 4.34. The Bertz CT molecular complexity index is 954. The number of likely N-dealkylation sites (tertiary alicyclic amines) is 1. The largest absolute Gasteiger partial charge is 0.337 e. The van der Waals surface area contributed by atoms with Gasteiger partial charge in [0.2, 0.25) is 5.91 Å². The molecule has 2 fully saturated rings. The molecule has 6 nitrogen and oxygen atoms in total. The van der Waals surface area contributed by atoms with E-state index in [1.807, 2.05) is 0 Å². The van der Waals surface area contributed by atoms with Gasteiger partial charge < -0.3 is 9.88 Å². The number of hydrogen-bond donors (Lipinski definition) is 1. The minimum Gasteiger partial charge on any atom is -0.337 e. The molecule has 3 heterocycles. The Morgan fingerprint density at radius 2 is 2.11 bits per heavy atom. The average Bonchev–Trinajstić information content (AvgIpc) is 3.39. The molecular formula is C20H22F2N4O2. The van der Waals surface area contributed by atoms with Gasteiger partial charge in [-0.3, -0.25) is 14.6 Å². The van der Waals surface area contributed by atoms with Gasteiger partial charge >= 0.3 is 0 Å². The highest BCUT2D eigenvalue weighted by Gasteiger charge is 2.58. The van der Waals surface area contributed by atoms with Crippen molar-refractivity contribution in [2.45, 2.75) is 56.9 Å². The number of nitrogens with one attached hydrogen (secondary N) is 1. The molecule has 1 saturated carbocycles. The Hall–Kier alpha value is -2.64. The molecule has 28 heavy (non-hydrogen) atoms. The second-order valence-electron chi connectivity index (χ2n) is 7.77. The van der Waals surface area contributed by atoms with Gasteiger partial charge in [-0.05, 0) is 38.3 Å². The van der Waals surface area contributed by atoms with Gasteiger partial charge in [0.1, 0.15) is 5.82 Å². The van der Waals surface area contributed by atoms with Gasteiger partial charge in [-0.25, -0.2) is 13.8 Å². The maximum atomic E-state index is 13.7. The smallest absolute Gasteiger partial charge is 0.254 e. The number of hydrogen-bond acceptors (Lipinski definition) is 4. The molecule has 0 atom stereocenters. The monoisotopic (exact) mass is 388 g/mol. The Kier molecular flexibility index (Phi) is 4.51. The lowest BCUT2D eigenvalue weighted by Crippen LogP contribution is -2.51. The van der Waals surface area contributed by atoms with E-state index in [1.165, 1.54) is 0 Å². The van der Waals surface area contributed by atoms with Crippen molar-refractivity contribution in [1.82, 2.24) is 19.9 Å². The molecule has 0 radical (unpaired) electrons. The fraction of sp³-hybridized carbons (Fsp3) is 0.500. The van der Waals surface area contributed by atoms with Crippen molar-refractivity contribution in [3.63, 3.8) is 0 Å². The zero-order valence-electron chi connectivity index (χ0n) is 15.7. The molecule has 2 aliphatic rings. The number of aryl methyl sites for hydroxylation is 1. The predicted octanol–water partition coefficient (Wildman–Crippen LogP) is 2.86. The van der Waals surface area contributed by atoms with E-state index in [1.54, 1.807) is 36.4 Å². The van der Waals surface area contributed by atoms with Crippen molar-refractivity contribution in [2.24, 2.45) is 0 Å². The quantitative estimate of drug-likeness (QED) is 0.874. The maximum Gasteiger partial charge on any atom is 0.254 e. The van der Waals surface area contributed by atoms with Crippen LogP contribution < -0.4 is 5.56 Å². The Labute approximate surface area is 161 Å². The number of carbonyl (C=O) groups excluding carboxylic acids is 1. The molecule has 0 bridgehead atoms. The maximum absolute atomic E-state index is 13.7. The Morgan fingerprint density at radius 3 is 2.75 bits per heavy atom. The zero-order chi connectivity index (χ0) is 19.9. The van der Waals surface area contributed by atoms with Gasteiger partial charge in [-0.2, -0.15) is 0 Å². The summed E-state index contributed by atoms with van der Waals surface area (Å²) in [7, 11) is 0. The van der Waals surface area contributed by atoms with E-state index < -0.39 is 11.5 Å². The van der Waals surface area contributed by atoms with E-state index in [0.717, 1.165) is 0 Å². The number of nitrogens with zero attached hydrogens (tertiary/aromatic N) is 3. The van der Waals surface area contributed by atoms with Crippen LogP contribution in [0.2, 0.25) is 0 Å². The van der Waals surface area contributed by atoms with E-state index in [9.17, 15) is 18.4 Å². The van der Waals surface area contributed by atoms with Crippen LogP contribution in [0, 0.1) is 6.92 Å². The second kappa shape index (κ2) is 6.76. The van der Waals surface area contributed by atoms with Gasteiger partial charge in [0, 0.05) is 60.6 Å². The third-order valence-corrected chi connectivity index (χ3v) is 5.74. The fourth-order valence-corrected chi connectivity index (χ4v) is 4.07. The van der Waals surface area contributed by atoms with Crippen LogP contribution in [0.3, 0.4) is 0 Å². The highest BCUT2D eigenvalue weighted by Crippen LogP contribution is 2.52. The van der Waals surface area contributed by atoms with E-state index in [4.69, 9.17) is 0 Å². The van der Waals surface area contributed by atoms with Gasteiger partial charge in [-0.15, -0.1) is 0 Å². The molecule has 1 saturated heterocycles. The molecule has 2 aromatic heterocycles. The first-order chi connectivity index (χ1) is 13.3. The minimum absolute atomic E-state index is 0.0827. The van der Waals surface area contributed by atoms with E-state index in [2.05, 4.69) is 15.0 Å². The summed E-state index contributed by atoms with van der Waals surface area (Å²) in [6.45, 7) is 1.82. The number of H-pyrrole nitrogens is 1. The van der Waals surface area contributed by atoms with Crippen LogP contribution in [0.1, 0.15) is 43.4 Å². The van der Waals surface area contributed by atoms with Crippen molar-refractivity contribution < 1.29 is 13.6 Å². The first-order valence-electron chi connectivity index (χ1n) is 9.48. The third-order valence-electron chi connectivity index (χ3n) is 5.74. The molecule has 148 valence electrons. The van der Waals surface area contributed by atoms with Crippen molar-refractivity contribution in [3.8, 4) is 11.4 Å². The highest BCUT2D eigenvalue weighted by molar-refractivity contribution is 5.78. The molecule has 1 amide bonds. The van der Waals surface area contributed by atoms with Gasteiger partial charge in [-0.1, -0.05) is 0 Å². The van der Waals surface area contributed by atoms with Crippen LogP contribution in [-0.2, 0) is 11.2 Å². The highest BCUT2D eigenvalue weighted by atomic mass is 19.3. The topological polar surface area (TPSA) is 79.0 Å². The molecule has 2 aromatic rings. The summed E-state index contributed by atoms with van der Waals surface area (Å²) >= 11 is 0. The lowest BCUT2D eigenvalue weighted by molar-refractivity contribution is -0.145. The van der Waals surface area contributed by atoms with E-state index in [-0.39, 0.29) is 43.7 Å². The molecule has 4 rings (SSSR count). The number of amides is 1. The van der Waals surface area contributed by atoms with Crippen molar-refractivity contribution in [2.75, 3.05) is 6.54 Å². The minimum atomic E-state index is -2.69. The molecule has 0 aromatic carbocycles. The summed E-state index contributed by atoms with van der Waals surface area (Å²) in [6, 6.07) is 3.56. The molecular weight excluding hydrogens is 366 g/mol. The summed E-state index contributed by atoms with van der Waals surface area (Å²) < 4.78 is 27.4. The normalized spacial score (nSPS) is 19.6. The average molecular weight is 388 g/mol. The SMILES string of the molecule is Cc1nc(-c2cccnc2)[nH]c(=O)c1CCC(=O)N1CCC(F)(F)CC12CC2. The summed E-state index contributed by atoms with van der Waals surface area (Å²) in [5.74, 6) is -2.42. The van der Waals surface area contributed by atoms with Crippen LogP contribution in [0.15, 0.2) is 29.3 Å². The second-order valence-corrected chi connectivity index (χ2v) is 7.77. The first-order valence-corrected chi connectivity index (χ1v) is 9.48. The van der Waals surface area contributed by atoms with Crippen molar-refractivity contribution in [3.05, 3.63) is 46.1 Å². The molecule has 1 spiro atoms. The third kappa shape index (κ3) is 3.55. The summed E-state index contributed by atoms with van der Waals surface area (Å²) in [5, 5.41) is 0. The van der Waals surface area contributed by atoms with Crippen LogP contribution in [0.4, 0.5) is 8.78 Å². The number of aromatic nitrogens is 3. The van der Waals surface area contributed by atoms with Gasteiger partial charge in [0.05, 0.1) is 0 Å². The number of pyridine rings is 1. The first kappa shape index (κ1) is 18.7. The number of rotatable bonds is 4. The molecule has 1 aliphatic carbocycles. The lowest BCUT2D eigenvalue weighted by atomic mass is 9.95. The summed E-state index contributed by atoms with van der Waals surface area (Å²) in [4.78, 5) is 38.0. The Balaban J connectivity index is 1.47. The van der Waals surface area contributed by atoms with Crippen LogP contribution in [-0.4, -0.2) is 43.8 Å². The number of aromatic amines is 1. The van der Waals surface area contributed by atoms with Crippen molar-refractivity contribution in [1.29, 1.82) is 0 Å². The van der Waals surface area contributed by atoms with Gasteiger partial charge in [0.25, 0.3) is 11.5 Å². The van der Waals surface area contributed by atoms with Crippen LogP contribution in [0.25, 0.3) is 11.4 Å².